The molecule has 2 aromatic rings. The zero-order chi connectivity index (χ0) is 20.2. The van der Waals surface area contributed by atoms with Crippen LogP contribution >= 0.6 is 0 Å². The van der Waals surface area contributed by atoms with Crippen molar-refractivity contribution in [3.63, 3.8) is 0 Å². The first-order valence-corrected chi connectivity index (χ1v) is 7.37. The van der Waals surface area contributed by atoms with Crippen LogP contribution in [0.2, 0.25) is 0 Å². The summed E-state index contributed by atoms with van der Waals surface area (Å²) in [6, 6.07) is 7.40. The van der Waals surface area contributed by atoms with Gasteiger partial charge in [0.25, 0.3) is 11.8 Å². The second-order valence-electron chi connectivity index (χ2n) is 5.29. The first kappa shape index (κ1) is 20.0. The Morgan fingerprint density at radius 2 is 1.85 bits per heavy atom. The van der Waals surface area contributed by atoms with Crippen molar-refractivity contribution < 1.29 is 32.4 Å². The summed E-state index contributed by atoms with van der Waals surface area (Å²) >= 11 is 0. The molecule has 0 aliphatic carbocycles. The molecule has 0 bridgehead atoms. The molecule has 0 unspecified atom stereocenters. The molecule has 0 saturated carbocycles. The normalized spacial score (nSPS) is 11.5. The Morgan fingerprint density at radius 1 is 1.19 bits per heavy atom. The van der Waals surface area contributed by atoms with Gasteiger partial charge in [-0.2, -0.15) is 18.3 Å². The van der Waals surface area contributed by atoms with E-state index >= 15 is 0 Å². The maximum atomic E-state index is 13.9. The number of amides is 2. The molecule has 0 radical (unpaired) electrons. The molecule has 0 fully saturated rings. The molecule has 2 rings (SSSR count). The second kappa shape index (κ2) is 7.96. The van der Waals surface area contributed by atoms with Crippen molar-refractivity contribution in [3.05, 3.63) is 70.5 Å². The molecule has 0 aliphatic heterocycles. The van der Waals surface area contributed by atoms with Crippen LogP contribution in [0.5, 0.6) is 0 Å². The molecule has 0 spiro atoms. The minimum Gasteiger partial charge on any atom is -0.288 e. The molecule has 0 aromatic heterocycles. The van der Waals surface area contributed by atoms with Crippen molar-refractivity contribution in [2.75, 3.05) is 7.05 Å². The lowest BCUT2D eigenvalue weighted by atomic mass is 10.1. The van der Waals surface area contributed by atoms with E-state index in [1.54, 1.807) is 0 Å². The molecular formula is C17H13F4N3O3. The van der Waals surface area contributed by atoms with E-state index in [0.29, 0.717) is 5.01 Å². The van der Waals surface area contributed by atoms with E-state index in [1.807, 2.05) is 0 Å². The van der Waals surface area contributed by atoms with E-state index in [9.17, 15) is 27.2 Å². The van der Waals surface area contributed by atoms with Gasteiger partial charge in [-0.1, -0.05) is 12.1 Å². The smallest absolute Gasteiger partial charge is 0.288 e. The second-order valence-corrected chi connectivity index (χ2v) is 5.29. The SMILES string of the molecule is CN(N=Cc1ccc(C(=O)NO)cc1F)C(=O)c1ccccc1C(F)(F)F. The summed E-state index contributed by atoms with van der Waals surface area (Å²) in [4.78, 5) is 23.4. The lowest BCUT2D eigenvalue weighted by Gasteiger charge is -2.15. The van der Waals surface area contributed by atoms with E-state index in [2.05, 4.69) is 5.10 Å². The first-order valence-electron chi connectivity index (χ1n) is 7.37. The third-order valence-corrected chi connectivity index (χ3v) is 3.49. The van der Waals surface area contributed by atoms with Gasteiger partial charge in [0.05, 0.1) is 17.3 Å². The molecule has 0 saturated heterocycles. The third kappa shape index (κ3) is 4.67. The number of hydroxylamine groups is 1. The van der Waals surface area contributed by atoms with E-state index in [-0.39, 0.29) is 11.1 Å². The maximum absolute atomic E-state index is 13.9. The lowest BCUT2D eigenvalue weighted by molar-refractivity contribution is -0.138. The summed E-state index contributed by atoms with van der Waals surface area (Å²) in [7, 11) is 1.12. The van der Waals surface area contributed by atoms with Crippen LogP contribution in [0.25, 0.3) is 0 Å². The number of carbonyl (C=O) groups excluding carboxylic acids is 2. The van der Waals surface area contributed by atoms with Gasteiger partial charge in [-0.15, -0.1) is 0 Å². The summed E-state index contributed by atoms with van der Waals surface area (Å²) in [6.45, 7) is 0. The molecular weight excluding hydrogens is 370 g/mol. The summed E-state index contributed by atoms with van der Waals surface area (Å²) in [5, 5.41) is 12.8. The Morgan fingerprint density at radius 3 is 2.44 bits per heavy atom. The van der Waals surface area contributed by atoms with Gasteiger partial charge >= 0.3 is 6.18 Å². The Hall–Kier alpha value is -3.27. The average molecular weight is 383 g/mol. The highest BCUT2D eigenvalue weighted by Crippen LogP contribution is 2.32. The number of halogens is 4. The quantitative estimate of drug-likeness (QED) is 0.369. The zero-order valence-corrected chi connectivity index (χ0v) is 13.8. The maximum Gasteiger partial charge on any atom is 0.417 e. The Kier molecular flexibility index (Phi) is 5.91. The molecule has 2 aromatic carbocycles. The molecule has 142 valence electrons. The third-order valence-electron chi connectivity index (χ3n) is 3.49. The Balaban J connectivity index is 2.24. The molecule has 2 amide bonds. The van der Waals surface area contributed by atoms with E-state index in [1.165, 1.54) is 17.6 Å². The standard InChI is InChI=1S/C17H13F4N3O3/c1-24(16(26)12-4-2-3-5-13(12)17(19,20)21)22-9-11-7-6-10(8-14(11)18)15(25)23-27/h2-9,27H,1H3,(H,23,25). The van der Waals surface area contributed by atoms with Crippen molar-refractivity contribution >= 4 is 18.0 Å². The van der Waals surface area contributed by atoms with Crippen LogP contribution in [0.3, 0.4) is 0 Å². The topological polar surface area (TPSA) is 82.0 Å². The van der Waals surface area contributed by atoms with E-state index in [0.717, 1.165) is 43.6 Å². The van der Waals surface area contributed by atoms with Crippen molar-refractivity contribution in [1.82, 2.24) is 10.5 Å². The number of carbonyl (C=O) groups is 2. The number of alkyl halides is 3. The summed E-state index contributed by atoms with van der Waals surface area (Å²) < 4.78 is 52.9. The highest BCUT2D eigenvalue weighted by molar-refractivity contribution is 5.97. The minimum absolute atomic E-state index is 0.117. The van der Waals surface area contributed by atoms with Crippen LogP contribution in [-0.4, -0.2) is 35.3 Å². The highest BCUT2D eigenvalue weighted by atomic mass is 19.4. The predicted molar refractivity (Wildman–Crippen MR) is 86.8 cm³/mol. The number of benzene rings is 2. The summed E-state index contributed by atoms with van der Waals surface area (Å²) in [5.41, 5.74) is -0.635. The van der Waals surface area contributed by atoms with Gasteiger partial charge in [0.2, 0.25) is 0 Å². The van der Waals surface area contributed by atoms with Gasteiger partial charge in [-0.3, -0.25) is 14.8 Å². The molecule has 10 heteroatoms. The number of nitrogens with one attached hydrogen (secondary N) is 1. The van der Waals surface area contributed by atoms with Gasteiger partial charge in [-0.05, 0) is 30.3 Å². The predicted octanol–water partition coefficient (Wildman–Crippen LogP) is 3.07. The van der Waals surface area contributed by atoms with Gasteiger partial charge in [-0.25, -0.2) is 14.9 Å². The lowest BCUT2D eigenvalue weighted by Crippen LogP contribution is -2.24. The highest BCUT2D eigenvalue weighted by Gasteiger charge is 2.35. The number of hydrogen-bond acceptors (Lipinski definition) is 4. The van der Waals surface area contributed by atoms with Crippen molar-refractivity contribution in [1.29, 1.82) is 0 Å². The number of hydrogen-bond donors (Lipinski definition) is 2. The Bertz CT molecular complexity index is 897. The number of hydrazone groups is 1. The van der Waals surface area contributed by atoms with Crippen LogP contribution < -0.4 is 5.48 Å². The molecule has 27 heavy (non-hydrogen) atoms. The van der Waals surface area contributed by atoms with Crippen molar-refractivity contribution in [2.24, 2.45) is 5.10 Å². The monoisotopic (exact) mass is 383 g/mol. The molecule has 0 heterocycles. The van der Waals surface area contributed by atoms with E-state index < -0.39 is 34.9 Å². The minimum atomic E-state index is -4.72. The number of nitrogens with zero attached hydrogens (tertiary/aromatic N) is 2. The molecule has 6 nitrogen and oxygen atoms in total. The Labute approximate surface area is 150 Å². The molecule has 0 atom stereocenters. The summed E-state index contributed by atoms with van der Waals surface area (Å²) in [5.74, 6) is -2.83. The average Bonchev–Trinajstić information content (AvgIpc) is 2.64. The summed E-state index contributed by atoms with van der Waals surface area (Å²) in [6.07, 6.45) is -3.80. The van der Waals surface area contributed by atoms with Gasteiger partial charge < -0.3 is 0 Å². The van der Waals surface area contributed by atoms with Gasteiger partial charge in [0.15, 0.2) is 0 Å². The molecule has 2 N–H and O–H groups in total. The largest absolute Gasteiger partial charge is 0.417 e. The van der Waals surface area contributed by atoms with Crippen LogP contribution in [0.4, 0.5) is 17.6 Å². The van der Waals surface area contributed by atoms with Crippen LogP contribution in [0, 0.1) is 5.82 Å². The molecule has 0 aliphatic rings. The van der Waals surface area contributed by atoms with Crippen molar-refractivity contribution in [3.8, 4) is 0 Å². The first-order chi connectivity index (χ1) is 12.6. The van der Waals surface area contributed by atoms with Gasteiger partial charge in [0.1, 0.15) is 5.82 Å². The van der Waals surface area contributed by atoms with E-state index in [4.69, 9.17) is 5.21 Å². The fraction of sp³-hybridized carbons (Fsp3) is 0.118. The number of rotatable bonds is 4. The van der Waals surface area contributed by atoms with Crippen LogP contribution in [0.1, 0.15) is 31.8 Å². The van der Waals surface area contributed by atoms with Gasteiger partial charge in [0, 0.05) is 18.2 Å². The fourth-order valence-corrected chi connectivity index (χ4v) is 2.13. The zero-order valence-electron chi connectivity index (χ0n) is 13.8. The fourth-order valence-electron chi connectivity index (χ4n) is 2.13. The van der Waals surface area contributed by atoms with Crippen LogP contribution in [-0.2, 0) is 6.18 Å². The van der Waals surface area contributed by atoms with Crippen LogP contribution in [0.15, 0.2) is 47.6 Å². The van der Waals surface area contributed by atoms with Crippen molar-refractivity contribution in [2.45, 2.75) is 6.18 Å².